The van der Waals surface area contributed by atoms with Gasteiger partial charge in [-0.15, -0.1) is 0 Å². The predicted octanol–water partition coefficient (Wildman–Crippen LogP) is 5.03. The topological polar surface area (TPSA) is 72.6 Å². The van der Waals surface area contributed by atoms with Crippen molar-refractivity contribution in [3.05, 3.63) is 78.4 Å². The van der Waals surface area contributed by atoms with Crippen molar-refractivity contribution in [3.63, 3.8) is 0 Å². The third kappa shape index (κ3) is 3.71. The fourth-order valence-electron chi connectivity index (χ4n) is 3.21. The fraction of sp³-hybridized carbons (Fsp3) is 0.130. The minimum absolute atomic E-state index is 0.267. The van der Waals surface area contributed by atoms with Gasteiger partial charge in [-0.2, -0.15) is 0 Å². The van der Waals surface area contributed by atoms with Crippen LogP contribution in [-0.2, 0) is 9.53 Å². The smallest absolute Gasteiger partial charge is 0.338 e. The Labute approximate surface area is 173 Å². The maximum Gasteiger partial charge on any atom is 0.338 e. The highest BCUT2D eigenvalue weighted by atomic mass is 32.2. The summed E-state index contributed by atoms with van der Waals surface area (Å²) in [5, 5.41) is 0. The van der Waals surface area contributed by atoms with Crippen LogP contribution >= 0.6 is 11.8 Å². The molecule has 0 aliphatic carbocycles. The maximum absolute atomic E-state index is 13.5. The molecule has 0 spiro atoms. The van der Waals surface area contributed by atoms with Crippen molar-refractivity contribution >= 4 is 40.7 Å². The van der Waals surface area contributed by atoms with Crippen molar-refractivity contribution in [1.82, 2.24) is 0 Å². The number of hydrogen-bond acceptors (Lipinski definition) is 5. The van der Waals surface area contributed by atoms with Crippen LogP contribution in [0.1, 0.15) is 23.7 Å². The quantitative estimate of drug-likeness (QED) is 0.487. The van der Waals surface area contributed by atoms with Crippen molar-refractivity contribution in [2.75, 3.05) is 10.6 Å². The van der Waals surface area contributed by atoms with E-state index in [4.69, 9.17) is 10.5 Å². The van der Waals surface area contributed by atoms with Crippen LogP contribution in [0.4, 0.5) is 17.1 Å². The van der Waals surface area contributed by atoms with Gasteiger partial charge in [-0.05, 0) is 55.0 Å². The maximum atomic E-state index is 13.5. The first-order chi connectivity index (χ1) is 14.1. The number of rotatable bonds is 4. The minimum atomic E-state index is -0.899. The number of benzene rings is 3. The molecular formula is C23H20N2O3S. The molecule has 6 heteroatoms. The van der Waals surface area contributed by atoms with Gasteiger partial charge in [0.25, 0.3) is 5.91 Å². The van der Waals surface area contributed by atoms with Crippen LogP contribution in [-0.4, -0.2) is 18.0 Å². The number of carbonyl (C=O) groups excluding carboxylic acids is 2. The van der Waals surface area contributed by atoms with E-state index in [1.807, 2.05) is 55.5 Å². The van der Waals surface area contributed by atoms with Crippen molar-refractivity contribution in [2.24, 2.45) is 0 Å². The molecule has 1 aliphatic heterocycles. The first-order valence-corrected chi connectivity index (χ1v) is 10.2. The van der Waals surface area contributed by atoms with Gasteiger partial charge in [0, 0.05) is 15.5 Å². The summed E-state index contributed by atoms with van der Waals surface area (Å²) in [6.07, 6.45) is -0.530. The van der Waals surface area contributed by atoms with Crippen LogP contribution in [0, 0.1) is 0 Å². The number of anilines is 3. The molecule has 4 rings (SSSR count). The summed E-state index contributed by atoms with van der Waals surface area (Å²) in [7, 11) is 0. The molecule has 3 aromatic carbocycles. The molecule has 5 nitrogen and oxygen atoms in total. The zero-order valence-electron chi connectivity index (χ0n) is 15.9. The number of carbonyl (C=O) groups is 2. The average Bonchev–Trinajstić information content (AvgIpc) is 2.75. The Balaban J connectivity index is 1.65. The van der Waals surface area contributed by atoms with Crippen LogP contribution < -0.4 is 10.6 Å². The van der Waals surface area contributed by atoms with Crippen LogP contribution in [0.25, 0.3) is 0 Å². The first-order valence-electron chi connectivity index (χ1n) is 9.35. The summed E-state index contributed by atoms with van der Waals surface area (Å²) in [6, 6.07) is 21.9. The van der Waals surface area contributed by atoms with Gasteiger partial charge in [-0.3, -0.25) is 9.69 Å². The number of para-hydroxylation sites is 2. The van der Waals surface area contributed by atoms with Crippen molar-refractivity contribution in [2.45, 2.75) is 29.2 Å². The summed E-state index contributed by atoms with van der Waals surface area (Å²) < 4.78 is 5.59. The van der Waals surface area contributed by atoms with Gasteiger partial charge in [-0.1, -0.05) is 43.0 Å². The molecule has 0 saturated heterocycles. The van der Waals surface area contributed by atoms with E-state index in [1.165, 1.54) is 0 Å². The fourth-order valence-corrected chi connectivity index (χ4v) is 4.27. The molecule has 0 fully saturated rings. The number of hydrogen-bond donors (Lipinski definition) is 1. The number of fused-ring (bicyclic) bond motifs is 2. The summed E-state index contributed by atoms with van der Waals surface area (Å²) >= 11 is 1.62. The second-order valence-electron chi connectivity index (χ2n) is 6.64. The van der Waals surface area contributed by atoms with Crippen molar-refractivity contribution in [3.8, 4) is 0 Å². The Morgan fingerprint density at radius 2 is 1.48 bits per heavy atom. The Kier molecular flexibility index (Phi) is 5.27. The zero-order chi connectivity index (χ0) is 20.4. The highest BCUT2D eigenvalue weighted by Crippen LogP contribution is 2.48. The van der Waals surface area contributed by atoms with Crippen LogP contribution in [0.2, 0.25) is 0 Å². The lowest BCUT2D eigenvalue weighted by Gasteiger charge is -2.33. The van der Waals surface area contributed by atoms with Gasteiger partial charge < -0.3 is 10.5 Å². The molecule has 0 bridgehead atoms. The molecule has 1 atom stereocenters. The predicted molar refractivity (Wildman–Crippen MR) is 115 cm³/mol. The van der Waals surface area contributed by atoms with E-state index < -0.39 is 12.1 Å². The van der Waals surface area contributed by atoms with Gasteiger partial charge in [0.2, 0.25) is 0 Å². The number of nitrogens with two attached hydrogens (primary N) is 1. The van der Waals surface area contributed by atoms with E-state index >= 15 is 0 Å². The zero-order valence-corrected chi connectivity index (χ0v) is 16.7. The second kappa shape index (κ2) is 8.01. The van der Waals surface area contributed by atoms with E-state index in [9.17, 15) is 9.59 Å². The molecule has 3 aromatic rings. The SMILES string of the molecule is CCC(OC(=O)c1ccc(N)cc1)C(=O)N1c2ccccc2Sc2ccccc21. The summed E-state index contributed by atoms with van der Waals surface area (Å²) in [6.45, 7) is 1.83. The first kappa shape index (κ1) is 19.1. The molecular weight excluding hydrogens is 384 g/mol. The normalized spacial score (nSPS) is 13.2. The van der Waals surface area contributed by atoms with Gasteiger partial charge in [-0.25, -0.2) is 4.79 Å². The molecule has 29 heavy (non-hydrogen) atoms. The molecule has 1 unspecified atom stereocenters. The van der Waals surface area contributed by atoms with Crippen LogP contribution in [0.3, 0.4) is 0 Å². The van der Waals surface area contributed by atoms with E-state index in [2.05, 4.69) is 0 Å². The van der Waals surface area contributed by atoms with Gasteiger partial charge in [0.05, 0.1) is 16.9 Å². The van der Waals surface area contributed by atoms with E-state index in [-0.39, 0.29) is 5.91 Å². The molecule has 0 aromatic heterocycles. The van der Waals surface area contributed by atoms with E-state index in [1.54, 1.807) is 40.9 Å². The third-order valence-corrected chi connectivity index (χ3v) is 5.82. The highest BCUT2D eigenvalue weighted by molar-refractivity contribution is 7.99. The number of amides is 1. The second-order valence-corrected chi connectivity index (χ2v) is 7.72. The van der Waals surface area contributed by atoms with Crippen LogP contribution in [0.5, 0.6) is 0 Å². The van der Waals surface area contributed by atoms with Crippen molar-refractivity contribution in [1.29, 1.82) is 0 Å². The van der Waals surface area contributed by atoms with E-state index in [0.717, 1.165) is 21.2 Å². The number of nitrogen functional groups attached to an aromatic ring is 1. The monoisotopic (exact) mass is 404 g/mol. The molecule has 2 N–H and O–H groups in total. The van der Waals surface area contributed by atoms with Crippen LogP contribution in [0.15, 0.2) is 82.6 Å². The lowest BCUT2D eigenvalue weighted by molar-refractivity contribution is -0.126. The van der Waals surface area contributed by atoms with Crippen molar-refractivity contribution < 1.29 is 14.3 Å². The Hall–Kier alpha value is -3.25. The molecule has 146 valence electrons. The Morgan fingerprint density at radius 1 is 0.931 bits per heavy atom. The molecule has 1 amide bonds. The Bertz CT molecular complexity index is 1020. The number of nitrogens with zero attached hydrogens (tertiary/aromatic N) is 1. The summed E-state index contributed by atoms with van der Waals surface area (Å²) in [5.41, 5.74) is 8.19. The Morgan fingerprint density at radius 3 is 2.03 bits per heavy atom. The summed E-state index contributed by atoms with van der Waals surface area (Å²) in [5.74, 6) is -0.811. The summed E-state index contributed by atoms with van der Waals surface area (Å²) in [4.78, 5) is 29.7. The van der Waals surface area contributed by atoms with Gasteiger partial charge >= 0.3 is 5.97 Å². The molecule has 1 heterocycles. The lowest BCUT2D eigenvalue weighted by Crippen LogP contribution is -2.39. The highest BCUT2D eigenvalue weighted by Gasteiger charge is 2.33. The number of esters is 1. The minimum Gasteiger partial charge on any atom is -0.449 e. The van der Waals surface area contributed by atoms with E-state index in [0.29, 0.717) is 17.7 Å². The molecule has 0 saturated carbocycles. The largest absolute Gasteiger partial charge is 0.449 e. The third-order valence-electron chi connectivity index (χ3n) is 4.69. The average molecular weight is 404 g/mol. The van der Waals surface area contributed by atoms with Gasteiger partial charge in [0.1, 0.15) is 0 Å². The molecule has 0 radical (unpaired) electrons. The molecule has 1 aliphatic rings. The lowest BCUT2D eigenvalue weighted by atomic mass is 10.1. The standard InChI is InChI=1S/C23H20N2O3S/c1-2-19(28-23(27)15-11-13-16(24)14-12-15)22(26)25-17-7-3-5-9-20(17)29-21-10-6-4-8-18(21)25/h3-14,19H,2,24H2,1H3. The number of ether oxygens (including phenoxy) is 1. The van der Waals surface area contributed by atoms with Gasteiger partial charge in [0.15, 0.2) is 6.10 Å².